The van der Waals surface area contributed by atoms with Gasteiger partial charge in [0.2, 0.25) is 0 Å². The number of fused-ring (bicyclic) bond motifs is 1. The maximum atomic E-state index is 11.6. The van der Waals surface area contributed by atoms with E-state index in [9.17, 15) is 15.0 Å². The van der Waals surface area contributed by atoms with Crippen LogP contribution in [0.4, 0.5) is 0 Å². The minimum Gasteiger partial charge on any atom is -0.431 e. The molecule has 4 nitrogen and oxygen atoms in total. The molecular weight excluding hydrogens is 304 g/mol. The van der Waals surface area contributed by atoms with Crippen LogP contribution in [0.25, 0.3) is 0 Å². The third kappa shape index (κ3) is 2.56. The number of aliphatic hydroxyl groups excluding tert-OH is 2. The van der Waals surface area contributed by atoms with Crippen molar-refractivity contribution < 1.29 is 19.7 Å². The van der Waals surface area contributed by atoms with Gasteiger partial charge < -0.3 is 14.9 Å². The Morgan fingerprint density at radius 1 is 1.42 bits per heavy atom. The lowest BCUT2D eigenvalue weighted by atomic mass is 9.46. The smallest absolute Gasteiger partial charge is 0.342 e. The van der Waals surface area contributed by atoms with Crippen LogP contribution < -0.4 is 0 Å². The second-order valence-electron chi connectivity index (χ2n) is 8.13. The average molecular weight is 332 g/mol. The highest BCUT2D eigenvalue weighted by Crippen LogP contribution is 2.61. The molecule has 0 spiro atoms. The van der Waals surface area contributed by atoms with Gasteiger partial charge in [-0.3, -0.25) is 0 Å². The first kappa shape index (κ1) is 17.4. The van der Waals surface area contributed by atoms with Crippen LogP contribution in [-0.2, 0) is 9.53 Å². The summed E-state index contributed by atoms with van der Waals surface area (Å²) in [5.74, 6) is 0.208. The van der Waals surface area contributed by atoms with Gasteiger partial charge in [-0.25, -0.2) is 4.79 Å². The molecule has 2 aliphatic carbocycles. The van der Waals surface area contributed by atoms with E-state index < -0.39 is 11.5 Å². The van der Waals surface area contributed by atoms with E-state index >= 15 is 0 Å². The predicted octanol–water partition coefficient (Wildman–Crippen LogP) is 3.12. The highest BCUT2D eigenvalue weighted by atomic mass is 16.5. The fraction of sp³-hybridized carbons (Fsp3) is 0.650. The molecule has 1 aliphatic heterocycles. The van der Waals surface area contributed by atoms with E-state index in [4.69, 9.17) is 4.74 Å². The Bertz CT molecular complexity index is 605. The zero-order chi connectivity index (χ0) is 17.5. The van der Waals surface area contributed by atoms with E-state index in [0.717, 1.165) is 25.7 Å². The number of aliphatic hydroxyl groups is 2. The summed E-state index contributed by atoms with van der Waals surface area (Å²) in [6, 6.07) is 0. The minimum absolute atomic E-state index is 0.00374. The summed E-state index contributed by atoms with van der Waals surface area (Å²) in [6.45, 7) is 8.59. The number of esters is 1. The van der Waals surface area contributed by atoms with Crippen molar-refractivity contribution in [3.05, 3.63) is 36.1 Å². The molecular formula is C20H28O4. The maximum Gasteiger partial charge on any atom is 0.342 e. The number of carbonyl (C=O) groups is 1. The quantitative estimate of drug-likeness (QED) is 0.473. The molecule has 24 heavy (non-hydrogen) atoms. The topological polar surface area (TPSA) is 66.8 Å². The zero-order valence-electron chi connectivity index (χ0n) is 14.6. The van der Waals surface area contributed by atoms with Crippen LogP contribution in [-0.4, -0.2) is 28.9 Å². The molecule has 5 unspecified atom stereocenters. The molecule has 2 saturated carbocycles. The van der Waals surface area contributed by atoms with Gasteiger partial charge in [0.25, 0.3) is 0 Å². The molecule has 4 heteroatoms. The molecule has 0 aromatic carbocycles. The first-order valence-corrected chi connectivity index (χ1v) is 8.87. The Hall–Kier alpha value is -1.39. The SMILES string of the molecule is C=C1CCC2C(C)(CO)C(O)CCC2(C)C1C/C=C1/C=COC1=O. The predicted molar refractivity (Wildman–Crippen MR) is 91.8 cm³/mol. The highest BCUT2D eigenvalue weighted by Gasteiger charge is 2.57. The molecule has 3 aliphatic rings. The molecule has 0 aromatic rings. The van der Waals surface area contributed by atoms with Crippen molar-refractivity contribution in [3.8, 4) is 0 Å². The van der Waals surface area contributed by atoms with Gasteiger partial charge in [-0.15, -0.1) is 0 Å². The first-order valence-electron chi connectivity index (χ1n) is 8.87. The Balaban J connectivity index is 1.89. The van der Waals surface area contributed by atoms with Gasteiger partial charge in [0.05, 0.1) is 24.5 Å². The van der Waals surface area contributed by atoms with Crippen molar-refractivity contribution in [2.24, 2.45) is 22.7 Å². The van der Waals surface area contributed by atoms with Crippen LogP contribution in [0.15, 0.2) is 36.1 Å². The van der Waals surface area contributed by atoms with E-state index in [2.05, 4.69) is 13.5 Å². The van der Waals surface area contributed by atoms with Gasteiger partial charge in [0, 0.05) is 5.41 Å². The van der Waals surface area contributed by atoms with Gasteiger partial charge >= 0.3 is 5.97 Å². The van der Waals surface area contributed by atoms with Crippen molar-refractivity contribution in [3.63, 3.8) is 0 Å². The maximum absolute atomic E-state index is 11.6. The normalized spacial score (nSPS) is 43.8. The molecule has 0 saturated heterocycles. The molecule has 0 amide bonds. The molecule has 5 atom stereocenters. The van der Waals surface area contributed by atoms with Gasteiger partial charge in [0.1, 0.15) is 0 Å². The summed E-state index contributed by atoms with van der Waals surface area (Å²) in [4.78, 5) is 11.6. The summed E-state index contributed by atoms with van der Waals surface area (Å²) in [6.07, 6.45) is 8.86. The fourth-order valence-corrected chi connectivity index (χ4v) is 5.34. The number of carbonyl (C=O) groups excluding carboxylic acids is 1. The zero-order valence-corrected chi connectivity index (χ0v) is 14.6. The van der Waals surface area contributed by atoms with Crippen LogP contribution in [0.5, 0.6) is 0 Å². The van der Waals surface area contributed by atoms with E-state index in [1.165, 1.54) is 11.8 Å². The number of hydrogen-bond acceptors (Lipinski definition) is 4. The molecule has 0 bridgehead atoms. The Labute approximate surface area is 143 Å². The Morgan fingerprint density at radius 2 is 2.17 bits per heavy atom. The minimum atomic E-state index is -0.467. The monoisotopic (exact) mass is 332 g/mol. The average Bonchev–Trinajstić information content (AvgIpc) is 2.96. The molecule has 2 fully saturated rings. The fourth-order valence-electron chi connectivity index (χ4n) is 5.34. The summed E-state index contributed by atoms with van der Waals surface area (Å²) < 4.78 is 4.85. The molecule has 1 heterocycles. The Morgan fingerprint density at radius 3 is 2.79 bits per heavy atom. The number of allylic oxidation sites excluding steroid dienone is 2. The standard InChI is InChI=1S/C20H28O4/c1-13-4-7-16-19(2,10-8-17(22)20(16,3)12-21)15(13)6-5-14-9-11-24-18(14)23/h5,9,11,15-17,21-22H,1,4,6-8,10,12H2,2-3H3/b14-5-. The number of hydrogen-bond donors (Lipinski definition) is 2. The van der Waals surface area contributed by atoms with Crippen molar-refractivity contribution in [1.29, 1.82) is 0 Å². The molecule has 3 rings (SSSR count). The lowest BCUT2D eigenvalue weighted by molar-refractivity contribution is -0.151. The second kappa shape index (κ2) is 6.16. The van der Waals surface area contributed by atoms with Crippen molar-refractivity contribution >= 4 is 5.97 Å². The van der Waals surface area contributed by atoms with Crippen LogP contribution in [0, 0.1) is 22.7 Å². The summed E-state index contributed by atoms with van der Waals surface area (Å²) >= 11 is 0. The highest BCUT2D eigenvalue weighted by molar-refractivity contribution is 5.94. The third-order valence-corrected chi connectivity index (χ3v) is 6.93. The van der Waals surface area contributed by atoms with E-state index in [1.54, 1.807) is 6.08 Å². The van der Waals surface area contributed by atoms with Crippen LogP contribution in [0.1, 0.15) is 46.0 Å². The van der Waals surface area contributed by atoms with E-state index in [0.29, 0.717) is 12.0 Å². The van der Waals surface area contributed by atoms with Gasteiger partial charge in [-0.1, -0.05) is 32.1 Å². The lowest BCUT2D eigenvalue weighted by Gasteiger charge is -2.59. The first-order chi connectivity index (χ1) is 11.3. The molecule has 132 valence electrons. The lowest BCUT2D eigenvalue weighted by Crippen LogP contribution is -2.57. The van der Waals surface area contributed by atoms with Crippen molar-refractivity contribution in [2.75, 3.05) is 6.61 Å². The van der Waals surface area contributed by atoms with Crippen LogP contribution >= 0.6 is 0 Å². The molecule has 0 radical (unpaired) electrons. The van der Waals surface area contributed by atoms with Gasteiger partial charge in [0.15, 0.2) is 0 Å². The largest absolute Gasteiger partial charge is 0.431 e. The van der Waals surface area contributed by atoms with Gasteiger partial charge in [-0.2, -0.15) is 0 Å². The summed E-state index contributed by atoms with van der Waals surface area (Å²) in [7, 11) is 0. The molecule has 2 N–H and O–H groups in total. The summed E-state index contributed by atoms with van der Waals surface area (Å²) in [5, 5.41) is 20.5. The van der Waals surface area contributed by atoms with Gasteiger partial charge in [-0.05, 0) is 55.4 Å². The number of ether oxygens (including phenoxy) is 1. The third-order valence-electron chi connectivity index (χ3n) is 6.93. The second-order valence-corrected chi connectivity index (χ2v) is 8.13. The number of rotatable bonds is 3. The van der Waals surface area contributed by atoms with Crippen molar-refractivity contribution in [2.45, 2.75) is 52.1 Å². The van der Waals surface area contributed by atoms with Crippen LogP contribution in [0.3, 0.4) is 0 Å². The molecule has 0 aromatic heterocycles. The van der Waals surface area contributed by atoms with E-state index in [1.807, 2.05) is 13.0 Å². The summed E-state index contributed by atoms with van der Waals surface area (Å²) in [5.41, 5.74) is 1.34. The van der Waals surface area contributed by atoms with E-state index in [-0.39, 0.29) is 29.8 Å². The van der Waals surface area contributed by atoms with Crippen molar-refractivity contribution in [1.82, 2.24) is 0 Å². The van der Waals surface area contributed by atoms with Crippen LogP contribution in [0.2, 0.25) is 0 Å². The number of cyclic esters (lactones) is 1. The Kier molecular flexibility index (Phi) is 4.47.